The van der Waals surface area contributed by atoms with Crippen molar-refractivity contribution in [2.45, 2.75) is 33.1 Å². The monoisotopic (exact) mass is 365 g/mol. The average molecular weight is 365 g/mol. The first kappa shape index (κ1) is 20.0. The van der Waals surface area contributed by atoms with E-state index < -0.39 is 11.7 Å². The van der Waals surface area contributed by atoms with Gasteiger partial charge in [-0.1, -0.05) is 18.2 Å². The van der Waals surface area contributed by atoms with E-state index in [1.807, 2.05) is 6.92 Å². The topological polar surface area (TPSA) is 29.5 Å². The maximum atomic E-state index is 13.2. The second kappa shape index (κ2) is 8.36. The van der Waals surface area contributed by atoms with Gasteiger partial charge in [0.05, 0.1) is 12.2 Å². The number of benzene rings is 2. The molecule has 0 bridgehead atoms. The molecule has 0 saturated heterocycles. The van der Waals surface area contributed by atoms with Gasteiger partial charge in [0.25, 0.3) is 0 Å². The van der Waals surface area contributed by atoms with Gasteiger partial charge >= 0.3 is 6.18 Å². The third kappa shape index (κ3) is 5.08. The van der Waals surface area contributed by atoms with Crippen LogP contribution in [0.2, 0.25) is 0 Å². The zero-order valence-corrected chi connectivity index (χ0v) is 15.1. The molecule has 0 fully saturated rings. The molecule has 0 aromatic heterocycles. The average Bonchev–Trinajstić information content (AvgIpc) is 2.56. The van der Waals surface area contributed by atoms with Crippen molar-refractivity contribution in [3.05, 3.63) is 64.7 Å². The summed E-state index contributed by atoms with van der Waals surface area (Å²) in [6, 6.07) is 10.7. The van der Waals surface area contributed by atoms with Crippen LogP contribution in [0, 0.1) is 0 Å². The molecule has 0 N–H and O–H groups in total. The van der Waals surface area contributed by atoms with Crippen molar-refractivity contribution >= 4 is 5.78 Å². The fraction of sp³-hybridized carbons (Fsp3) is 0.350. The van der Waals surface area contributed by atoms with Crippen LogP contribution < -0.4 is 4.74 Å². The minimum atomic E-state index is -4.39. The first-order chi connectivity index (χ1) is 12.2. The molecule has 0 unspecified atom stereocenters. The Morgan fingerprint density at radius 2 is 1.73 bits per heavy atom. The molecule has 0 aliphatic heterocycles. The predicted molar refractivity (Wildman–Crippen MR) is 94.2 cm³/mol. The molecular formula is C20H22F3NO2. The van der Waals surface area contributed by atoms with Gasteiger partial charge in [-0.2, -0.15) is 13.2 Å². The number of carbonyl (C=O) groups is 1. The van der Waals surface area contributed by atoms with Crippen molar-refractivity contribution in [2.24, 2.45) is 0 Å². The van der Waals surface area contributed by atoms with E-state index >= 15 is 0 Å². The molecule has 2 rings (SSSR count). The zero-order chi connectivity index (χ0) is 19.3. The van der Waals surface area contributed by atoms with E-state index in [1.165, 1.54) is 19.1 Å². The van der Waals surface area contributed by atoms with Crippen LogP contribution in [0.5, 0.6) is 5.75 Å². The largest absolute Gasteiger partial charge is 0.494 e. The fourth-order valence-electron chi connectivity index (χ4n) is 2.79. The molecular weight excluding hydrogens is 343 g/mol. The summed E-state index contributed by atoms with van der Waals surface area (Å²) in [5.74, 6) is 0.563. The van der Waals surface area contributed by atoms with Gasteiger partial charge in [0.1, 0.15) is 5.75 Å². The minimum absolute atomic E-state index is 0.0700. The van der Waals surface area contributed by atoms with Crippen molar-refractivity contribution in [1.82, 2.24) is 4.90 Å². The summed E-state index contributed by atoms with van der Waals surface area (Å²) in [4.78, 5) is 13.4. The Labute approximate surface area is 151 Å². The van der Waals surface area contributed by atoms with Crippen LogP contribution >= 0.6 is 0 Å². The van der Waals surface area contributed by atoms with E-state index in [0.29, 0.717) is 24.5 Å². The highest BCUT2D eigenvalue weighted by atomic mass is 19.4. The highest BCUT2D eigenvalue weighted by molar-refractivity contribution is 5.94. The van der Waals surface area contributed by atoms with Crippen molar-refractivity contribution in [3.63, 3.8) is 0 Å². The van der Waals surface area contributed by atoms with Gasteiger partial charge in [0.15, 0.2) is 5.78 Å². The number of hydrogen-bond donors (Lipinski definition) is 0. The highest BCUT2D eigenvalue weighted by Gasteiger charge is 2.33. The van der Waals surface area contributed by atoms with Crippen LogP contribution in [0.15, 0.2) is 42.5 Å². The molecule has 3 nitrogen and oxygen atoms in total. The molecule has 0 atom stereocenters. The normalized spacial score (nSPS) is 11.7. The summed E-state index contributed by atoms with van der Waals surface area (Å²) in [6.07, 6.45) is -4.39. The van der Waals surface area contributed by atoms with Crippen molar-refractivity contribution in [3.8, 4) is 5.75 Å². The van der Waals surface area contributed by atoms with Gasteiger partial charge < -0.3 is 4.74 Å². The van der Waals surface area contributed by atoms with Gasteiger partial charge in [-0.3, -0.25) is 9.69 Å². The summed E-state index contributed by atoms with van der Waals surface area (Å²) in [6.45, 7) is 4.29. The highest BCUT2D eigenvalue weighted by Crippen LogP contribution is 2.32. The second-order valence-corrected chi connectivity index (χ2v) is 6.14. The number of carbonyl (C=O) groups excluding carboxylic acids is 1. The molecule has 2 aromatic rings. The fourth-order valence-corrected chi connectivity index (χ4v) is 2.79. The van der Waals surface area contributed by atoms with E-state index in [9.17, 15) is 18.0 Å². The molecule has 0 radical (unpaired) electrons. The van der Waals surface area contributed by atoms with Gasteiger partial charge in [0.2, 0.25) is 0 Å². The number of nitrogens with zero attached hydrogens (tertiary/aromatic N) is 1. The summed E-state index contributed by atoms with van der Waals surface area (Å²) in [5, 5.41) is 0. The predicted octanol–water partition coefficient (Wildman–Crippen LogP) is 4.94. The molecule has 0 amide bonds. The standard InChI is InChI=1S/C20H22F3NO2/c1-4-26-19-10-9-15(14(2)25)11-17(19)13-24(3)12-16-7-5-6-8-18(16)20(21,22)23/h5-11H,4,12-13H2,1-3H3. The quantitative estimate of drug-likeness (QED) is 0.651. The number of hydrogen-bond acceptors (Lipinski definition) is 3. The van der Waals surface area contributed by atoms with Crippen LogP contribution in [0.4, 0.5) is 13.2 Å². The number of Topliss-reactive ketones (excluding diaryl/α,β-unsaturated/α-hetero) is 1. The van der Waals surface area contributed by atoms with Crippen LogP contribution in [0.1, 0.15) is 40.9 Å². The third-order valence-corrected chi connectivity index (χ3v) is 3.97. The number of halogens is 3. The lowest BCUT2D eigenvalue weighted by molar-refractivity contribution is -0.138. The molecule has 26 heavy (non-hydrogen) atoms. The van der Waals surface area contributed by atoms with Gasteiger partial charge in [-0.25, -0.2) is 0 Å². The maximum absolute atomic E-state index is 13.2. The van der Waals surface area contributed by atoms with Crippen LogP contribution in [0.3, 0.4) is 0 Å². The Balaban J connectivity index is 2.24. The van der Waals surface area contributed by atoms with Crippen LogP contribution in [-0.4, -0.2) is 24.3 Å². The number of ether oxygens (including phenoxy) is 1. The lowest BCUT2D eigenvalue weighted by Crippen LogP contribution is -2.21. The Bertz CT molecular complexity index is 772. The van der Waals surface area contributed by atoms with Crippen molar-refractivity contribution in [1.29, 1.82) is 0 Å². The first-order valence-electron chi connectivity index (χ1n) is 8.32. The van der Waals surface area contributed by atoms with E-state index in [0.717, 1.165) is 11.6 Å². The number of ketones is 1. The molecule has 6 heteroatoms. The van der Waals surface area contributed by atoms with Gasteiger partial charge in [0, 0.05) is 24.2 Å². The number of alkyl halides is 3. The maximum Gasteiger partial charge on any atom is 0.416 e. The Morgan fingerprint density at radius 3 is 2.35 bits per heavy atom. The number of rotatable bonds is 7. The summed E-state index contributed by atoms with van der Waals surface area (Å²) < 4.78 is 45.1. The van der Waals surface area contributed by atoms with Gasteiger partial charge in [-0.05, 0) is 50.7 Å². The Morgan fingerprint density at radius 1 is 1.08 bits per heavy atom. The smallest absolute Gasteiger partial charge is 0.416 e. The molecule has 0 spiro atoms. The molecule has 0 aliphatic carbocycles. The molecule has 0 aliphatic rings. The Hall–Kier alpha value is -2.34. The van der Waals surface area contributed by atoms with Crippen LogP contribution in [-0.2, 0) is 19.3 Å². The van der Waals surface area contributed by atoms with E-state index in [4.69, 9.17) is 4.74 Å². The van der Waals surface area contributed by atoms with E-state index in [2.05, 4.69) is 0 Å². The van der Waals surface area contributed by atoms with Crippen LogP contribution in [0.25, 0.3) is 0 Å². The molecule has 140 valence electrons. The first-order valence-corrected chi connectivity index (χ1v) is 8.32. The third-order valence-electron chi connectivity index (χ3n) is 3.97. The van der Waals surface area contributed by atoms with E-state index in [-0.39, 0.29) is 17.9 Å². The lowest BCUT2D eigenvalue weighted by Gasteiger charge is -2.21. The van der Waals surface area contributed by atoms with Crippen molar-refractivity contribution < 1.29 is 22.7 Å². The molecule has 2 aromatic carbocycles. The van der Waals surface area contributed by atoms with Gasteiger partial charge in [-0.15, -0.1) is 0 Å². The SMILES string of the molecule is CCOc1ccc(C(C)=O)cc1CN(C)Cc1ccccc1C(F)(F)F. The van der Waals surface area contributed by atoms with E-state index in [1.54, 1.807) is 36.2 Å². The summed E-state index contributed by atoms with van der Waals surface area (Å²) >= 11 is 0. The minimum Gasteiger partial charge on any atom is -0.494 e. The Kier molecular flexibility index (Phi) is 6.42. The summed E-state index contributed by atoms with van der Waals surface area (Å²) in [7, 11) is 1.74. The molecule has 0 heterocycles. The summed E-state index contributed by atoms with van der Waals surface area (Å²) in [5.41, 5.74) is 0.900. The van der Waals surface area contributed by atoms with Crippen molar-refractivity contribution in [2.75, 3.05) is 13.7 Å². The lowest BCUT2D eigenvalue weighted by atomic mass is 10.0. The molecule has 0 saturated carbocycles. The zero-order valence-electron chi connectivity index (χ0n) is 15.1. The second-order valence-electron chi connectivity index (χ2n) is 6.14.